The number of aromatic nitrogens is 2. The number of fused-ring (bicyclic) bond motifs is 1. The average Bonchev–Trinajstić information content (AvgIpc) is 3.20. The van der Waals surface area contributed by atoms with Gasteiger partial charge >= 0.3 is 5.97 Å². The zero-order valence-corrected chi connectivity index (χ0v) is 14.8. The third-order valence-electron chi connectivity index (χ3n) is 4.19. The monoisotopic (exact) mass is 355 g/mol. The Morgan fingerprint density at radius 2 is 2.19 bits per heavy atom. The second-order valence-electron chi connectivity index (χ2n) is 6.53. The zero-order chi connectivity index (χ0) is 18.7. The number of carboxylic acid groups (broad SMARTS) is 1. The Hall–Kier alpha value is -3.01. The highest BCUT2D eigenvalue weighted by molar-refractivity contribution is 5.96. The van der Waals surface area contributed by atoms with Crippen LogP contribution in [0.3, 0.4) is 0 Å². The molecule has 0 unspecified atom stereocenters. The van der Waals surface area contributed by atoms with Crippen molar-refractivity contribution < 1.29 is 19.4 Å². The molecule has 3 rings (SSSR count). The van der Waals surface area contributed by atoms with Crippen LogP contribution in [0.5, 0.6) is 11.6 Å². The van der Waals surface area contributed by atoms with E-state index in [9.17, 15) is 9.90 Å². The first kappa shape index (κ1) is 17.8. The van der Waals surface area contributed by atoms with E-state index >= 15 is 0 Å². The molecule has 1 fully saturated rings. The summed E-state index contributed by atoms with van der Waals surface area (Å²) in [6, 6.07) is 5.34. The van der Waals surface area contributed by atoms with E-state index < -0.39 is 5.97 Å². The molecule has 1 saturated carbocycles. The smallest absolute Gasteiger partial charge is 0.346 e. The fourth-order valence-corrected chi connectivity index (χ4v) is 3.04. The summed E-state index contributed by atoms with van der Waals surface area (Å²) in [6.07, 6.45) is 7.38. The number of hydrogen-bond donors (Lipinski definition) is 1. The summed E-state index contributed by atoms with van der Waals surface area (Å²) in [5.41, 5.74) is 0.566. The van der Waals surface area contributed by atoms with Crippen LogP contribution in [0.1, 0.15) is 45.2 Å². The van der Waals surface area contributed by atoms with Crippen LogP contribution in [0.25, 0.3) is 11.7 Å². The van der Waals surface area contributed by atoms with Crippen molar-refractivity contribution in [1.29, 1.82) is 5.26 Å². The predicted molar refractivity (Wildman–Crippen MR) is 95.1 cm³/mol. The maximum absolute atomic E-state index is 11.2. The number of carboxylic acids is 1. The van der Waals surface area contributed by atoms with Crippen molar-refractivity contribution in [2.24, 2.45) is 0 Å². The molecule has 136 valence electrons. The molecule has 2 aromatic heterocycles. The molecule has 1 aliphatic rings. The Morgan fingerprint density at radius 3 is 2.81 bits per heavy atom. The quantitative estimate of drug-likeness (QED) is 0.630. The maximum Gasteiger partial charge on any atom is 0.346 e. The van der Waals surface area contributed by atoms with E-state index in [4.69, 9.17) is 14.7 Å². The normalized spacial score (nSPS) is 15.4. The molecule has 0 aliphatic heterocycles. The van der Waals surface area contributed by atoms with Crippen LogP contribution in [0.15, 0.2) is 23.9 Å². The molecule has 7 nitrogen and oxygen atoms in total. The summed E-state index contributed by atoms with van der Waals surface area (Å²) in [5, 5.41) is 18.3. The third-order valence-corrected chi connectivity index (χ3v) is 4.19. The third kappa shape index (κ3) is 3.64. The van der Waals surface area contributed by atoms with Gasteiger partial charge in [-0.1, -0.05) is 0 Å². The van der Waals surface area contributed by atoms with Crippen LogP contribution >= 0.6 is 0 Å². The predicted octanol–water partition coefficient (Wildman–Crippen LogP) is 3.43. The van der Waals surface area contributed by atoms with Crippen LogP contribution in [-0.2, 0) is 4.79 Å². The van der Waals surface area contributed by atoms with E-state index in [0.29, 0.717) is 17.1 Å². The van der Waals surface area contributed by atoms with E-state index in [1.165, 1.54) is 6.08 Å². The molecule has 0 bridgehead atoms. The first-order valence-corrected chi connectivity index (χ1v) is 8.69. The van der Waals surface area contributed by atoms with Crippen molar-refractivity contribution in [2.75, 3.05) is 0 Å². The van der Waals surface area contributed by atoms with Gasteiger partial charge in [-0.25, -0.2) is 4.79 Å². The molecule has 0 aromatic carbocycles. The van der Waals surface area contributed by atoms with E-state index in [-0.39, 0.29) is 23.7 Å². The Kier molecular flexibility index (Phi) is 5.12. The molecule has 0 saturated heterocycles. The van der Waals surface area contributed by atoms with Gasteiger partial charge in [-0.15, -0.1) is 0 Å². The molecule has 2 aromatic rings. The topological polar surface area (TPSA) is 96.9 Å². The van der Waals surface area contributed by atoms with Gasteiger partial charge in [-0.05, 0) is 57.7 Å². The van der Waals surface area contributed by atoms with Crippen LogP contribution in [0.2, 0.25) is 0 Å². The van der Waals surface area contributed by atoms with Crippen molar-refractivity contribution in [3.63, 3.8) is 0 Å². The van der Waals surface area contributed by atoms with Crippen LogP contribution in [0, 0.1) is 11.3 Å². The summed E-state index contributed by atoms with van der Waals surface area (Å²) in [5.74, 6) is -0.394. The number of rotatable bonds is 6. The minimum Gasteiger partial charge on any atom is -0.487 e. The standard InChI is InChI=1S/C19H21N3O4/c1-12(2)25-18-15(10-13(11-20)19(23)24)22-9-5-8-16(17(22)21-18)26-14-6-3-4-7-14/h5,8-10,12,14H,3-4,6-7H2,1-2H3,(H,23,24). The molecule has 2 heterocycles. The Morgan fingerprint density at radius 1 is 1.46 bits per heavy atom. The first-order chi connectivity index (χ1) is 12.5. The van der Waals surface area contributed by atoms with Gasteiger partial charge in [0.2, 0.25) is 5.88 Å². The summed E-state index contributed by atoms with van der Waals surface area (Å²) < 4.78 is 13.5. The summed E-state index contributed by atoms with van der Waals surface area (Å²) >= 11 is 0. The summed E-state index contributed by atoms with van der Waals surface area (Å²) in [7, 11) is 0. The van der Waals surface area contributed by atoms with Crippen molar-refractivity contribution >= 4 is 17.7 Å². The van der Waals surface area contributed by atoms with E-state index in [0.717, 1.165) is 25.7 Å². The fraction of sp³-hybridized carbons (Fsp3) is 0.421. The molecule has 26 heavy (non-hydrogen) atoms. The highest BCUT2D eigenvalue weighted by atomic mass is 16.5. The summed E-state index contributed by atoms with van der Waals surface area (Å²) in [4.78, 5) is 15.7. The number of hydrogen-bond acceptors (Lipinski definition) is 5. The van der Waals surface area contributed by atoms with Crippen LogP contribution in [-0.4, -0.2) is 32.7 Å². The molecule has 0 amide bonds. The zero-order valence-electron chi connectivity index (χ0n) is 14.8. The molecule has 1 N–H and O–H groups in total. The second-order valence-corrected chi connectivity index (χ2v) is 6.53. The van der Waals surface area contributed by atoms with E-state index in [1.54, 1.807) is 16.7 Å². The minimum atomic E-state index is -1.30. The van der Waals surface area contributed by atoms with Gasteiger partial charge in [0.25, 0.3) is 0 Å². The highest BCUT2D eigenvalue weighted by Crippen LogP contribution is 2.31. The first-order valence-electron chi connectivity index (χ1n) is 8.69. The van der Waals surface area contributed by atoms with Crippen LogP contribution in [0.4, 0.5) is 0 Å². The van der Waals surface area contributed by atoms with Gasteiger partial charge in [0.1, 0.15) is 17.3 Å². The Balaban J connectivity index is 2.11. The molecular formula is C19H21N3O4. The van der Waals surface area contributed by atoms with Gasteiger partial charge in [0.05, 0.1) is 12.2 Å². The van der Waals surface area contributed by atoms with Crippen molar-refractivity contribution in [1.82, 2.24) is 9.38 Å². The van der Waals surface area contributed by atoms with Gasteiger partial charge in [0, 0.05) is 6.20 Å². The molecule has 7 heteroatoms. The number of ether oxygens (including phenoxy) is 2. The minimum absolute atomic E-state index is 0.151. The molecule has 0 spiro atoms. The van der Waals surface area contributed by atoms with Gasteiger partial charge < -0.3 is 14.6 Å². The molecule has 0 radical (unpaired) electrons. The van der Waals surface area contributed by atoms with Crippen LogP contribution < -0.4 is 9.47 Å². The van der Waals surface area contributed by atoms with Crippen molar-refractivity contribution in [3.05, 3.63) is 29.6 Å². The second kappa shape index (κ2) is 7.48. The average molecular weight is 355 g/mol. The lowest BCUT2D eigenvalue weighted by Gasteiger charge is -2.13. The van der Waals surface area contributed by atoms with Crippen molar-refractivity contribution in [3.8, 4) is 17.7 Å². The van der Waals surface area contributed by atoms with Crippen molar-refractivity contribution in [2.45, 2.75) is 51.7 Å². The Bertz CT molecular complexity index is 886. The highest BCUT2D eigenvalue weighted by Gasteiger charge is 2.21. The number of pyridine rings is 1. The molecule has 0 atom stereocenters. The lowest BCUT2D eigenvalue weighted by molar-refractivity contribution is -0.132. The summed E-state index contributed by atoms with van der Waals surface area (Å²) in [6.45, 7) is 3.71. The van der Waals surface area contributed by atoms with Gasteiger partial charge in [0.15, 0.2) is 11.4 Å². The molecular weight excluding hydrogens is 334 g/mol. The lowest BCUT2D eigenvalue weighted by Crippen LogP contribution is -2.11. The largest absolute Gasteiger partial charge is 0.487 e. The SMILES string of the molecule is CC(C)Oc1nc2c(OC3CCCC3)cccn2c1C=C(C#N)C(=O)O. The number of nitriles is 1. The van der Waals surface area contributed by atoms with Gasteiger partial charge in [-0.3, -0.25) is 4.40 Å². The maximum atomic E-state index is 11.2. The Labute approximate surface area is 151 Å². The van der Waals surface area contributed by atoms with Gasteiger partial charge in [-0.2, -0.15) is 10.2 Å². The number of nitrogens with zero attached hydrogens (tertiary/aromatic N) is 3. The number of carbonyl (C=O) groups is 1. The van der Waals surface area contributed by atoms with E-state index in [2.05, 4.69) is 4.98 Å². The fourth-order valence-electron chi connectivity index (χ4n) is 3.04. The lowest BCUT2D eigenvalue weighted by atomic mass is 10.2. The number of aliphatic carboxylic acids is 1. The van der Waals surface area contributed by atoms with E-state index in [1.807, 2.05) is 26.0 Å². The molecule has 1 aliphatic carbocycles. The number of imidazole rings is 1.